The molecule has 0 radical (unpaired) electrons. The number of nitrogens with zero attached hydrogens (tertiary/aromatic N) is 1. The van der Waals surface area contributed by atoms with Gasteiger partial charge in [0.25, 0.3) is 5.91 Å². The monoisotopic (exact) mass is 471 g/mol. The van der Waals surface area contributed by atoms with Crippen LogP contribution in [0.5, 0.6) is 0 Å². The Labute approximate surface area is 182 Å². The second kappa shape index (κ2) is 9.72. The van der Waals surface area contributed by atoms with Crippen molar-refractivity contribution < 1.29 is 14.7 Å². The minimum Gasteiger partial charge on any atom is -0.480 e. The first-order chi connectivity index (χ1) is 13.9. The Hall–Kier alpha value is -2.63. The lowest BCUT2D eigenvalue weighted by molar-refractivity contribution is -0.142. The van der Waals surface area contributed by atoms with Crippen molar-refractivity contribution in [2.24, 2.45) is 0 Å². The second-order valence-electron chi connectivity index (χ2n) is 6.61. The van der Waals surface area contributed by atoms with Gasteiger partial charge in [0.15, 0.2) is 0 Å². The van der Waals surface area contributed by atoms with Gasteiger partial charge < -0.3 is 10.0 Å². The topological polar surface area (TPSA) is 57.6 Å². The highest BCUT2D eigenvalue weighted by atomic mass is 79.9. The molecule has 1 amide bonds. The molecule has 29 heavy (non-hydrogen) atoms. The molecule has 6 heteroatoms. The molecule has 0 aliphatic carbocycles. The van der Waals surface area contributed by atoms with Crippen LogP contribution in [0.4, 0.5) is 0 Å². The maximum absolute atomic E-state index is 13.3. The van der Waals surface area contributed by atoms with Crippen LogP contribution in [0.15, 0.2) is 83.3 Å². The molecule has 0 fully saturated rings. The van der Waals surface area contributed by atoms with E-state index < -0.39 is 12.0 Å². The molecule has 1 unspecified atom stereocenters. The van der Waals surface area contributed by atoms with Gasteiger partial charge in [0.2, 0.25) is 0 Å². The van der Waals surface area contributed by atoms with Gasteiger partial charge in [-0.3, -0.25) is 4.79 Å². The maximum Gasteiger partial charge on any atom is 0.326 e. The highest BCUT2D eigenvalue weighted by Crippen LogP contribution is 2.20. The van der Waals surface area contributed by atoms with E-state index in [1.54, 1.807) is 24.3 Å². The lowest BCUT2D eigenvalue weighted by Gasteiger charge is -2.29. The number of halogens is 2. The molecule has 0 aliphatic rings. The highest BCUT2D eigenvalue weighted by Gasteiger charge is 2.30. The van der Waals surface area contributed by atoms with Crippen molar-refractivity contribution in [1.82, 2.24) is 4.90 Å². The Bertz CT molecular complexity index is 993. The number of rotatable bonds is 7. The first-order valence-electron chi connectivity index (χ1n) is 9.02. The fourth-order valence-corrected chi connectivity index (χ4v) is 3.65. The zero-order valence-electron chi connectivity index (χ0n) is 15.5. The molecule has 0 bridgehead atoms. The minimum absolute atomic E-state index is 0.171. The molecule has 1 atom stereocenters. The minimum atomic E-state index is -1.05. The molecule has 1 N–H and O–H groups in total. The van der Waals surface area contributed by atoms with Crippen molar-refractivity contribution in [2.75, 3.05) is 0 Å². The Kier molecular flexibility index (Phi) is 7.07. The van der Waals surface area contributed by atoms with Crippen molar-refractivity contribution in [1.29, 1.82) is 0 Å². The van der Waals surface area contributed by atoms with E-state index in [2.05, 4.69) is 15.9 Å². The summed E-state index contributed by atoms with van der Waals surface area (Å²) in [5, 5.41) is 10.5. The van der Waals surface area contributed by atoms with Crippen LogP contribution in [0.1, 0.15) is 21.5 Å². The summed E-state index contributed by atoms with van der Waals surface area (Å²) in [6.45, 7) is 0.171. The number of benzene rings is 3. The fraction of sp³-hybridized carbons (Fsp3) is 0.130. The Morgan fingerprint density at radius 2 is 1.59 bits per heavy atom. The predicted octanol–water partition coefficient (Wildman–Crippen LogP) is 5.44. The lowest BCUT2D eigenvalue weighted by Crippen LogP contribution is -2.46. The summed E-state index contributed by atoms with van der Waals surface area (Å²) >= 11 is 9.37. The molecule has 0 saturated carbocycles. The molecule has 4 nitrogen and oxygen atoms in total. The Morgan fingerprint density at radius 1 is 0.931 bits per heavy atom. The van der Waals surface area contributed by atoms with E-state index in [1.165, 1.54) is 4.90 Å². The van der Waals surface area contributed by atoms with Gasteiger partial charge in [-0.25, -0.2) is 4.79 Å². The van der Waals surface area contributed by atoms with E-state index in [0.717, 1.165) is 15.6 Å². The summed E-state index contributed by atoms with van der Waals surface area (Å²) < 4.78 is 0.865. The molecule has 0 aliphatic heterocycles. The molecule has 0 heterocycles. The van der Waals surface area contributed by atoms with Crippen molar-refractivity contribution in [3.05, 3.63) is 105 Å². The van der Waals surface area contributed by atoms with Crippen LogP contribution >= 0.6 is 27.5 Å². The van der Waals surface area contributed by atoms with Crippen molar-refractivity contribution in [2.45, 2.75) is 19.0 Å². The van der Waals surface area contributed by atoms with Crippen molar-refractivity contribution >= 4 is 39.4 Å². The van der Waals surface area contributed by atoms with Crippen LogP contribution in [0, 0.1) is 0 Å². The zero-order chi connectivity index (χ0) is 20.8. The smallest absolute Gasteiger partial charge is 0.326 e. The maximum atomic E-state index is 13.3. The van der Waals surface area contributed by atoms with Gasteiger partial charge in [-0.15, -0.1) is 0 Å². The summed E-state index contributed by atoms with van der Waals surface area (Å²) in [4.78, 5) is 26.9. The number of carboxylic acids is 1. The van der Waals surface area contributed by atoms with E-state index in [9.17, 15) is 14.7 Å². The molecule has 148 valence electrons. The van der Waals surface area contributed by atoms with Crippen molar-refractivity contribution in [3.63, 3.8) is 0 Å². The molecular formula is C23H19BrClNO3. The predicted molar refractivity (Wildman–Crippen MR) is 117 cm³/mol. The van der Waals surface area contributed by atoms with Gasteiger partial charge in [0, 0.05) is 28.0 Å². The largest absolute Gasteiger partial charge is 0.480 e. The first-order valence-corrected chi connectivity index (χ1v) is 10.2. The summed E-state index contributed by atoms with van der Waals surface area (Å²) in [6.07, 6.45) is 0.212. The number of carbonyl (C=O) groups is 2. The quantitative estimate of drug-likeness (QED) is 0.498. The average molecular weight is 473 g/mol. The summed E-state index contributed by atoms with van der Waals surface area (Å²) in [5.41, 5.74) is 2.08. The summed E-state index contributed by atoms with van der Waals surface area (Å²) in [7, 11) is 0. The zero-order valence-corrected chi connectivity index (χ0v) is 17.8. The number of carboxylic acid groups (broad SMARTS) is 1. The molecule has 3 aromatic carbocycles. The third-order valence-corrected chi connectivity index (χ3v) is 5.27. The third-order valence-electron chi connectivity index (χ3n) is 4.53. The van der Waals surface area contributed by atoms with Gasteiger partial charge in [-0.2, -0.15) is 0 Å². The molecule has 3 aromatic rings. The number of hydrogen-bond acceptors (Lipinski definition) is 2. The van der Waals surface area contributed by atoms with Crippen LogP contribution in [-0.4, -0.2) is 27.9 Å². The molecule has 0 aromatic heterocycles. The molecule has 3 rings (SSSR count). The van der Waals surface area contributed by atoms with E-state index in [0.29, 0.717) is 10.6 Å². The van der Waals surface area contributed by atoms with E-state index in [1.807, 2.05) is 54.6 Å². The van der Waals surface area contributed by atoms with Gasteiger partial charge >= 0.3 is 5.97 Å². The second-order valence-corrected chi connectivity index (χ2v) is 7.97. The lowest BCUT2D eigenvalue weighted by atomic mass is 10.0. The van der Waals surface area contributed by atoms with Crippen LogP contribution in [0.2, 0.25) is 5.02 Å². The third kappa shape index (κ3) is 5.68. The normalized spacial score (nSPS) is 11.7. The van der Waals surface area contributed by atoms with E-state index >= 15 is 0 Å². The number of aliphatic carboxylic acids is 1. The molecular weight excluding hydrogens is 454 g/mol. The Balaban J connectivity index is 1.98. The Morgan fingerprint density at radius 3 is 2.21 bits per heavy atom. The van der Waals surface area contributed by atoms with Gasteiger partial charge in [-0.05, 0) is 47.5 Å². The van der Waals surface area contributed by atoms with Crippen LogP contribution in [0.25, 0.3) is 0 Å². The van der Waals surface area contributed by atoms with Gasteiger partial charge in [0.1, 0.15) is 6.04 Å². The highest BCUT2D eigenvalue weighted by molar-refractivity contribution is 9.10. The summed E-state index contributed by atoms with van der Waals surface area (Å²) in [5.74, 6) is -1.41. The van der Waals surface area contributed by atoms with Crippen LogP contribution in [0.3, 0.4) is 0 Å². The SMILES string of the molecule is O=C(O)C(Cc1ccccc1)N(Cc1cccc(Br)c1)C(=O)c1ccc(Cl)cc1. The standard InChI is InChI=1S/C23H19BrClNO3/c24-19-8-4-7-17(13-19)15-26(22(27)18-9-11-20(25)12-10-18)21(23(28)29)14-16-5-2-1-3-6-16/h1-13,21H,14-15H2,(H,28,29). The number of amides is 1. The number of carbonyl (C=O) groups excluding carboxylic acids is 1. The van der Waals surface area contributed by atoms with E-state index in [-0.39, 0.29) is 18.9 Å². The fourth-order valence-electron chi connectivity index (χ4n) is 3.08. The number of hydrogen-bond donors (Lipinski definition) is 1. The van der Waals surface area contributed by atoms with Gasteiger partial charge in [0.05, 0.1) is 0 Å². The van der Waals surface area contributed by atoms with E-state index in [4.69, 9.17) is 11.6 Å². The molecule has 0 saturated heterocycles. The van der Waals surface area contributed by atoms with Crippen LogP contribution in [-0.2, 0) is 17.8 Å². The first kappa shape index (κ1) is 21.1. The van der Waals surface area contributed by atoms with Crippen molar-refractivity contribution in [3.8, 4) is 0 Å². The average Bonchev–Trinajstić information content (AvgIpc) is 2.71. The molecule has 0 spiro atoms. The summed E-state index contributed by atoms with van der Waals surface area (Å²) in [6, 6.07) is 22.2. The van der Waals surface area contributed by atoms with Crippen LogP contribution < -0.4 is 0 Å². The van der Waals surface area contributed by atoms with Gasteiger partial charge in [-0.1, -0.05) is 70.0 Å².